The van der Waals surface area contributed by atoms with Crippen LogP contribution in [0, 0.1) is 0 Å². The molecule has 2 saturated heterocycles. The van der Waals surface area contributed by atoms with Crippen molar-refractivity contribution in [3.05, 3.63) is 58.5 Å². The lowest BCUT2D eigenvalue weighted by molar-refractivity contribution is -0.319. The molecular weight excluding hydrogens is 656 g/mol. The molecule has 0 saturated carbocycles. The van der Waals surface area contributed by atoms with Gasteiger partial charge in [0.05, 0.1) is 34.5 Å². The summed E-state index contributed by atoms with van der Waals surface area (Å²) in [5.74, 6) is -0.796. The number of esters is 1. The Bertz CT molecular complexity index is 1700. The zero-order valence-electron chi connectivity index (χ0n) is 26.5. The molecule has 2 aliphatic heterocycles. The first-order chi connectivity index (χ1) is 23.4. The van der Waals surface area contributed by atoms with Gasteiger partial charge in [-0.1, -0.05) is 0 Å². The normalized spacial score (nSPS) is 28.4. The SMILES string of the molecule is COc1cc2ccc(=O)oc2cc1O[C@@H]1O[C@H](CO)[C@@H](O)[C@H](O)[C@H]1O[C@@H]1OC[C@](O)(COC(=O)C=Cc2cc(OC)c(O)c(OC)c2)[C@H]1O. The van der Waals surface area contributed by atoms with E-state index in [9.17, 15) is 40.2 Å². The van der Waals surface area contributed by atoms with Crippen molar-refractivity contribution >= 4 is 23.0 Å². The Hall–Kier alpha value is -4.46. The number of rotatable bonds is 12. The standard InChI is InChI=1S/C32H36O17/c1-41-18-10-16-5-7-24(35)46-17(16)11-19(18)47-30-28(27(38)26(37)22(12-33)48-30)49-31-29(39)32(40,14-45-31)13-44-23(34)6-4-15-8-20(42-2)25(36)21(9-15)43-3/h4-11,22,26-31,33,36-40H,12-14H2,1-3H3/t22-,26-,27+,28-,29+,30-,31+,32-/m1/s1. The molecule has 0 radical (unpaired) electrons. The molecular formula is C32H36O17. The summed E-state index contributed by atoms with van der Waals surface area (Å²) >= 11 is 0. The van der Waals surface area contributed by atoms with E-state index in [4.69, 9.17) is 42.3 Å². The number of aromatic hydroxyl groups is 1. The molecule has 3 heterocycles. The summed E-state index contributed by atoms with van der Waals surface area (Å²) < 4.78 is 48.8. The minimum absolute atomic E-state index is 0.0308. The largest absolute Gasteiger partial charge is 0.502 e. The van der Waals surface area contributed by atoms with Crippen molar-refractivity contribution < 1.29 is 77.7 Å². The van der Waals surface area contributed by atoms with Gasteiger partial charge in [0.25, 0.3) is 0 Å². The van der Waals surface area contributed by atoms with Gasteiger partial charge in [-0.2, -0.15) is 0 Å². The van der Waals surface area contributed by atoms with E-state index in [1.807, 2.05) is 0 Å². The van der Waals surface area contributed by atoms with E-state index >= 15 is 0 Å². The smallest absolute Gasteiger partial charge is 0.336 e. The van der Waals surface area contributed by atoms with Gasteiger partial charge in [-0.25, -0.2) is 9.59 Å². The third kappa shape index (κ3) is 7.58. The number of hydrogen-bond donors (Lipinski definition) is 6. The number of aliphatic hydroxyl groups excluding tert-OH is 4. The molecule has 0 amide bonds. The highest BCUT2D eigenvalue weighted by Crippen LogP contribution is 2.38. The quantitative estimate of drug-likeness (QED) is 0.0791. The Labute approximate surface area is 277 Å². The van der Waals surface area contributed by atoms with Crippen molar-refractivity contribution in [3.63, 3.8) is 0 Å². The van der Waals surface area contributed by atoms with Gasteiger partial charge in [0.2, 0.25) is 12.0 Å². The van der Waals surface area contributed by atoms with Crippen molar-refractivity contribution in [1.82, 2.24) is 0 Å². The second-order valence-corrected chi connectivity index (χ2v) is 11.2. The molecule has 2 fully saturated rings. The highest BCUT2D eigenvalue weighted by molar-refractivity contribution is 5.87. The maximum absolute atomic E-state index is 12.5. The number of ether oxygens (including phenoxy) is 8. The number of fused-ring (bicyclic) bond motifs is 1. The van der Waals surface area contributed by atoms with Gasteiger partial charge in [0.15, 0.2) is 41.0 Å². The van der Waals surface area contributed by atoms with Gasteiger partial charge in [0, 0.05) is 23.6 Å². The summed E-state index contributed by atoms with van der Waals surface area (Å²) in [6, 6.07) is 8.46. The van der Waals surface area contributed by atoms with E-state index in [1.165, 1.54) is 63.8 Å². The first-order valence-electron chi connectivity index (χ1n) is 14.8. The fourth-order valence-corrected chi connectivity index (χ4v) is 5.22. The van der Waals surface area contributed by atoms with Crippen molar-refractivity contribution in [2.75, 3.05) is 41.2 Å². The molecule has 0 spiro atoms. The molecule has 1 aromatic heterocycles. The van der Waals surface area contributed by atoms with Crippen LogP contribution < -0.4 is 24.6 Å². The van der Waals surface area contributed by atoms with E-state index in [2.05, 4.69) is 0 Å². The highest BCUT2D eigenvalue weighted by atomic mass is 16.8. The Morgan fingerprint density at radius 3 is 2.31 bits per heavy atom. The number of phenols is 1. The van der Waals surface area contributed by atoms with Crippen LogP contribution in [0.15, 0.2) is 51.7 Å². The van der Waals surface area contributed by atoms with Crippen molar-refractivity contribution in [2.24, 2.45) is 0 Å². The van der Waals surface area contributed by atoms with E-state index in [1.54, 1.807) is 0 Å². The number of methoxy groups -OCH3 is 3. The summed E-state index contributed by atoms with van der Waals surface area (Å²) in [4.78, 5) is 24.3. The minimum Gasteiger partial charge on any atom is -0.502 e. The molecule has 6 N–H and O–H groups in total. The van der Waals surface area contributed by atoms with Crippen LogP contribution in [0.4, 0.5) is 0 Å². The lowest BCUT2D eigenvalue weighted by atomic mass is 9.98. The van der Waals surface area contributed by atoms with Crippen molar-refractivity contribution in [1.29, 1.82) is 0 Å². The number of hydrogen-bond acceptors (Lipinski definition) is 17. The lowest BCUT2D eigenvalue weighted by Crippen LogP contribution is -2.62. The van der Waals surface area contributed by atoms with E-state index in [0.29, 0.717) is 10.9 Å². The zero-order chi connectivity index (χ0) is 35.5. The maximum Gasteiger partial charge on any atom is 0.336 e. The fraction of sp³-hybridized carbons (Fsp3) is 0.438. The highest BCUT2D eigenvalue weighted by Gasteiger charge is 2.54. The van der Waals surface area contributed by atoms with Gasteiger partial charge in [0.1, 0.15) is 36.6 Å². The van der Waals surface area contributed by atoms with Crippen molar-refractivity contribution in [2.45, 2.75) is 48.7 Å². The van der Waals surface area contributed by atoms with Gasteiger partial charge in [-0.3, -0.25) is 0 Å². The number of phenolic OH excluding ortho intramolecular Hbond substituents is 1. The minimum atomic E-state index is -2.17. The molecule has 8 atom stereocenters. The monoisotopic (exact) mass is 692 g/mol. The van der Waals surface area contributed by atoms with Crippen LogP contribution in [0.5, 0.6) is 28.7 Å². The molecule has 0 bridgehead atoms. The van der Waals surface area contributed by atoms with Crippen LogP contribution >= 0.6 is 0 Å². The Morgan fingerprint density at radius 2 is 1.65 bits per heavy atom. The third-order valence-corrected chi connectivity index (χ3v) is 7.95. The number of carbonyl (C=O) groups excluding carboxylic acids is 1. The van der Waals surface area contributed by atoms with Gasteiger partial charge >= 0.3 is 11.6 Å². The first kappa shape index (κ1) is 35.8. The average Bonchev–Trinajstić information content (AvgIpc) is 3.38. The van der Waals surface area contributed by atoms with Crippen LogP contribution in [0.1, 0.15) is 5.56 Å². The molecule has 2 aliphatic rings. The number of benzene rings is 2. The van der Waals surface area contributed by atoms with E-state index < -0.39 is 80.1 Å². The molecule has 17 nitrogen and oxygen atoms in total. The fourth-order valence-electron chi connectivity index (χ4n) is 5.22. The van der Waals surface area contributed by atoms with E-state index in [-0.39, 0.29) is 34.3 Å². The Balaban J connectivity index is 1.28. The molecule has 0 aliphatic carbocycles. The predicted molar refractivity (Wildman–Crippen MR) is 164 cm³/mol. The van der Waals surface area contributed by atoms with Crippen LogP contribution in [0.3, 0.4) is 0 Å². The van der Waals surface area contributed by atoms with Crippen molar-refractivity contribution in [3.8, 4) is 28.7 Å². The topological polar surface area (TPSA) is 242 Å². The number of carbonyl (C=O) groups is 1. The predicted octanol–water partition coefficient (Wildman–Crippen LogP) is -0.568. The van der Waals surface area contributed by atoms with Crippen LogP contribution in [0.2, 0.25) is 0 Å². The van der Waals surface area contributed by atoms with Crippen LogP contribution in [-0.4, -0.2) is 126 Å². The van der Waals surface area contributed by atoms with Gasteiger partial charge in [-0.05, 0) is 35.9 Å². The van der Waals surface area contributed by atoms with E-state index in [0.717, 1.165) is 6.08 Å². The summed E-state index contributed by atoms with van der Waals surface area (Å²) in [5.41, 5.74) is -2.25. The molecule has 0 unspecified atom stereocenters. The Morgan fingerprint density at radius 1 is 0.959 bits per heavy atom. The molecule has 49 heavy (non-hydrogen) atoms. The molecule has 2 aromatic carbocycles. The first-order valence-corrected chi connectivity index (χ1v) is 14.8. The molecule has 5 rings (SSSR count). The maximum atomic E-state index is 12.5. The summed E-state index contributed by atoms with van der Waals surface area (Å²) in [6.45, 7) is -2.03. The second-order valence-electron chi connectivity index (χ2n) is 11.2. The van der Waals surface area contributed by atoms with Crippen LogP contribution in [-0.2, 0) is 23.7 Å². The zero-order valence-corrected chi connectivity index (χ0v) is 26.5. The summed E-state index contributed by atoms with van der Waals surface area (Å²) in [6.07, 6.45) is -9.08. The average molecular weight is 693 g/mol. The molecule has 3 aromatic rings. The Kier molecular flexibility index (Phi) is 11.0. The summed E-state index contributed by atoms with van der Waals surface area (Å²) in [7, 11) is 4.04. The molecule has 17 heteroatoms. The molecule has 266 valence electrons. The third-order valence-electron chi connectivity index (χ3n) is 7.95. The lowest BCUT2D eigenvalue weighted by Gasteiger charge is -2.42. The summed E-state index contributed by atoms with van der Waals surface area (Å²) in [5, 5.41) is 63.9. The second kappa shape index (κ2) is 15.0. The van der Waals surface area contributed by atoms with Gasteiger partial charge < -0.3 is 73.0 Å². The van der Waals surface area contributed by atoms with Crippen LogP contribution in [0.25, 0.3) is 17.0 Å². The number of aliphatic hydroxyl groups is 5. The van der Waals surface area contributed by atoms with Gasteiger partial charge in [-0.15, -0.1) is 0 Å².